The number of nitrogens with zero attached hydrogens (tertiary/aromatic N) is 2. The highest BCUT2D eigenvalue weighted by molar-refractivity contribution is 6.30. The molecule has 0 atom stereocenters. The van der Waals surface area contributed by atoms with Gasteiger partial charge in [0, 0.05) is 36.9 Å². The molecule has 7 heteroatoms. The molecular formula is C20H22ClN3O3. The zero-order valence-corrected chi connectivity index (χ0v) is 15.9. The highest BCUT2D eigenvalue weighted by Gasteiger charge is 2.23. The summed E-state index contributed by atoms with van der Waals surface area (Å²) in [6.45, 7) is 4.58. The molecule has 27 heavy (non-hydrogen) atoms. The largest absolute Gasteiger partial charge is 0.483 e. The topological polar surface area (TPSA) is 75.9 Å². The Bertz CT molecular complexity index is 848. The molecule has 2 aromatic carbocycles. The first kappa shape index (κ1) is 19.0. The second kappa shape index (κ2) is 8.31. The van der Waals surface area contributed by atoms with Crippen LogP contribution in [0, 0.1) is 6.92 Å². The Labute approximate surface area is 163 Å². The van der Waals surface area contributed by atoms with E-state index in [1.54, 1.807) is 29.2 Å². The van der Waals surface area contributed by atoms with Gasteiger partial charge in [0.15, 0.2) is 6.61 Å². The van der Waals surface area contributed by atoms with Crippen molar-refractivity contribution in [3.63, 3.8) is 0 Å². The minimum atomic E-state index is -0.580. The van der Waals surface area contributed by atoms with Gasteiger partial charge in [-0.2, -0.15) is 0 Å². The Kier molecular flexibility index (Phi) is 5.86. The molecular weight excluding hydrogens is 366 g/mol. The lowest BCUT2D eigenvalue weighted by Gasteiger charge is -2.36. The quantitative estimate of drug-likeness (QED) is 0.855. The summed E-state index contributed by atoms with van der Waals surface area (Å²) in [4.78, 5) is 27.9. The van der Waals surface area contributed by atoms with E-state index in [2.05, 4.69) is 4.90 Å². The van der Waals surface area contributed by atoms with E-state index >= 15 is 0 Å². The molecule has 6 nitrogen and oxygen atoms in total. The highest BCUT2D eigenvalue weighted by Crippen LogP contribution is 2.25. The molecule has 2 aromatic rings. The number of nitrogens with two attached hydrogens (primary N) is 1. The number of aryl methyl sites for hydroxylation is 1. The number of rotatable bonds is 5. The number of primary amides is 1. The summed E-state index contributed by atoms with van der Waals surface area (Å²) in [6.07, 6.45) is 0. The van der Waals surface area contributed by atoms with Crippen molar-refractivity contribution in [2.45, 2.75) is 6.92 Å². The molecule has 142 valence electrons. The van der Waals surface area contributed by atoms with Crippen LogP contribution in [0.3, 0.4) is 0 Å². The lowest BCUT2D eigenvalue weighted by Crippen LogP contribution is -2.50. The van der Waals surface area contributed by atoms with Crippen molar-refractivity contribution in [3.05, 3.63) is 58.6 Å². The Morgan fingerprint density at radius 2 is 1.81 bits per heavy atom. The number of amides is 2. The summed E-state index contributed by atoms with van der Waals surface area (Å²) in [5.74, 6) is -0.369. The Morgan fingerprint density at radius 3 is 2.52 bits per heavy atom. The predicted molar refractivity (Wildman–Crippen MR) is 105 cm³/mol. The van der Waals surface area contributed by atoms with Gasteiger partial charge in [-0.25, -0.2) is 0 Å². The average Bonchev–Trinajstić information content (AvgIpc) is 2.68. The number of carbonyl (C=O) groups is 2. The number of halogens is 1. The van der Waals surface area contributed by atoms with Gasteiger partial charge < -0.3 is 20.3 Å². The predicted octanol–water partition coefficient (Wildman–Crippen LogP) is 2.47. The molecule has 0 bridgehead atoms. The summed E-state index contributed by atoms with van der Waals surface area (Å²) >= 11 is 6.11. The van der Waals surface area contributed by atoms with Gasteiger partial charge >= 0.3 is 0 Å². The van der Waals surface area contributed by atoms with Crippen molar-refractivity contribution in [2.24, 2.45) is 5.73 Å². The maximum atomic E-state index is 12.5. The van der Waals surface area contributed by atoms with E-state index in [-0.39, 0.29) is 18.1 Å². The molecule has 0 unspecified atom stereocenters. The third-order valence-corrected chi connectivity index (χ3v) is 4.88. The molecule has 1 heterocycles. The fourth-order valence-electron chi connectivity index (χ4n) is 3.15. The number of para-hydroxylation sites is 1. The van der Waals surface area contributed by atoms with Gasteiger partial charge in [-0.1, -0.05) is 29.8 Å². The van der Waals surface area contributed by atoms with E-state index in [9.17, 15) is 9.59 Å². The van der Waals surface area contributed by atoms with Crippen LogP contribution in [0.1, 0.15) is 15.9 Å². The van der Waals surface area contributed by atoms with Crippen LogP contribution in [0.4, 0.5) is 5.69 Å². The number of hydrogen-bond donors (Lipinski definition) is 1. The van der Waals surface area contributed by atoms with Crippen molar-refractivity contribution in [3.8, 4) is 5.75 Å². The summed E-state index contributed by atoms with van der Waals surface area (Å²) < 4.78 is 5.54. The van der Waals surface area contributed by atoms with Crippen molar-refractivity contribution in [2.75, 3.05) is 37.7 Å². The van der Waals surface area contributed by atoms with E-state index in [1.165, 1.54) is 0 Å². The zero-order chi connectivity index (χ0) is 19.4. The van der Waals surface area contributed by atoms with Crippen LogP contribution < -0.4 is 15.4 Å². The Hall–Kier alpha value is -2.73. The molecule has 1 saturated heterocycles. The Balaban J connectivity index is 1.56. The first-order chi connectivity index (χ1) is 13.0. The SMILES string of the molecule is Cc1ccc(Cl)cc1N1CCN(C(=O)COc2ccccc2C(N)=O)CC1. The number of piperazine rings is 1. The molecule has 1 aliphatic heterocycles. The molecule has 2 N–H and O–H groups in total. The van der Waals surface area contributed by atoms with Crippen LogP contribution in [-0.2, 0) is 4.79 Å². The molecule has 1 aliphatic rings. The van der Waals surface area contributed by atoms with Crippen molar-refractivity contribution in [1.82, 2.24) is 4.90 Å². The van der Waals surface area contributed by atoms with Crippen LogP contribution in [-0.4, -0.2) is 49.5 Å². The van der Waals surface area contributed by atoms with Crippen LogP contribution in [0.15, 0.2) is 42.5 Å². The number of benzene rings is 2. The summed E-state index contributed by atoms with van der Waals surface area (Å²) in [6, 6.07) is 12.5. The molecule has 0 spiro atoms. The number of ether oxygens (including phenoxy) is 1. The normalized spacial score (nSPS) is 14.1. The molecule has 2 amide bonds. The van der Waals surface area contributed by atoms with Crippen molar-refractivity contribution in [1.29, 1.82) is 0 Å². The zero-order valence-electron chi connectivity index (χ0n) is 15.2. The van der Waals surface area contributed by atoms with Crippen molar-refractivity contribution < 1.29 is 14.3 Å². The fraction of sp³-hybridized carbons (Fsp3) is 0.300. The van der Waals surface area contributed by atoms with Gasteiger partial charge in [-0.15, -0.1) is 0 Å². The first-order valence-electron chi connectivity index (χ1n) is 8.76. The summed E-state index contributed by atoms with van der Waals surface area (Å²) in [5, 5.41) is 0.704. The molecule has 0 saturated carbocycles. The van der Waals surface area contributed by atoms with Crippen LogP contribution in [0.5, 0.6) is 5.75 Å². The smallest absolute Gasteiger partial charge is 0.260 e. The third-order valence-electron chi connectivity index (χ3n) is 4.65. The van der Waals surface area contributed by atoms with Gasteiger partial charge in [0.25, 0.3) is 11.8 Å². The van der Waals surface area contributed by atoms with Gasteiger partial charge in [0.2, 0.25) is 0 Å². The van der Waals surface area contributed by atoms with Crippen LogP contribution >= 0.6 is 11.6 Å². The summed E-state index contributed by atoms with van der Waals surface area (Å²) in [7, 11) is 0. The maximum absolute atomic E-state index is 12.5. The minimum Gasteiger partial charge on any atom is -0.483 e. The highest BCUT2D eigenvalue weighted by atomic mass is 35.5. The first-order valence-corrected chi connectivity index (χ1v) is 9.14. The van der Waals surface area contributed by atoms with Crippen LogP contribution in [0.2, 0.25) is 5.02 Å². The van der Waals surface area contributed by atoms with Crippen molar-refractivity contribution >= 4 is 29.1 Å². The second-order valence-corrected chi connectivity index (χ2v) is 6.88. The number of carbonyl (C=O) groups excluding carboxylic acids is 2. The van der Waals surface area contributed by atoms with E-state index in [0.717, 1.165) is 24.3 Å². The third kappa shape index (κ3) is 4.52. The van der Waals surface area contributed by atoms with E-state index < -0.39 is 5.91 Å². The minimum absolute atomic E-state index is 0.114. The number of anilines is 1. The molecule has 0 aliphatic carbocycles. The lowest BCUT2D eigenvalue weighted by atomic mass is 10.1. The lowest BCUT2D eigenvalue weighted by molar-refractivity contribution is -0.133. The van der Waals surface area contributed by atoms with E-state index in [1.807, 2.05) is 25.1 Å². The monoisotopic (exact) mass is 387 g/mol. The van der Waals surface area contributed by atoms with Gasteiger partial charge in [0.1, 0.15) is 5.75 Å². The van der Waals surface area contributed by atoms with Gasteiger partial charge in [0.05, 0.1) is 5.56 Å². The van der Waals surface area contributed by atoms with E-state index in [4.69, 9.17) is 22.1 Å². The average molecular weight is 388 g/mol. The molecule has 1 fully saturated rings. The molecule has 0 aromatic heterocycles. The van der Waals surface area contributed by atoms with E-state index in [0.29, 0.717) is 23.9 Å². The summed E-state index contributed by atoms with van der Waals surface area (Å²) in [5.41, 5.74) is 7.85. The molecule has 3 rings (SSSR count). The fourth-order valence-corrected chi connectivity index (χ4v) is 3.31. The standard InChI is InChI=1S/C20H22ClN3O3/c1-14-6-7-15(21)12-17(14)23-8-10-24(11-9-23)19(25)13-27-18-5-3-2-4-16(18)20(22)26/h2-7,12H,8-11,13H2,1H3,(H2,22,26). The van der Waals surface area contributed by atoms with Crippen LogP contribution in [0.25, 0.3) is 0 Å². The molecule has 0 radical (unpaired) electrons. The second-order valence-electron chi connectivity index (χ2n) is 6.45. The number of hydrogen-bond acceptors (Lipinski definition) is 4. The maximum Gasteiger partial charge on any atom is 0.260 e. The van der Waals surface area contributed by atoms with Gasteiger partial charge in [-0.05, 0) is 36.8 Å². The van der Waals surface area contributed by atoms with Gasteiger partial charge in [-0.3, -0.25) is 9.59 Å². The Morgan fingerprint density at radius 1 is 1.11 bits per heavy atom.